The lowest BCUT2D eigenvalue weighted by Crippen LogP contribution is -2.33. The second-order valence-electron chi connectivity index (χ2n) is 5.69. The van der Waals surface area contributed by atoms with Crippen molar-refractivity contribution < 1.29 is 0 Å². The summed E-state index contributed by atoms with van der Waals surface area (Å²) in [5.74, 6) is 0.848. The molecule has 2 rings (SSSR count). The summed E-state index contributed by atoms with van der Waals surface area (Å²) in [5, 5.41) is 8.26. The molecule has 0 saturated heterocycles. The molecule has 0 spiro atoms. The molecule has 0 radical (unpaired) electrons. The second kappa shape index (κ2) is 6.37. The molecule has 1 saturated carbocycles. The Morgan fingerprint density at radius 2 is 2.22 bits per heavy atom. The number of hydrogen-bond donors (Lipinski definition) is 1. The molecule has 1 aromatic rings. The third-order valence-electron chi connectivity index (χ3n) is 4.13. The summed E-state index contributed by atoms with van der Waals surface area (Å²) >= 11 is 0. The maximum absolute atomic E-state index is 4.55. The van der Waals surface area contributed by atoms with Crippen molar-refractivity contribution in [2.45, 2.75) is 65.5 Å². The van der Waals surface area contributed by atoms with E-state index in [0.717, 1.165) is 24.2 Å². The SMILES string of the molecule is CCCNC1CCCC1CCn1nc(C)cc1C. The van der Waals surface area contributed by atoms with Crippen LogP contribution in [-0.4, -0.2) is 22.4 Å². The first-order chi connectivity index (χ1) is 8.70. The lowest BCUT2D eigenvalue weighted by atomic mass is 9.99. The first-order valence-electron chi connectivity index (χ1n) is 7.45. The van der Waals surface area contributed by atoms with Crippen LogP contribution in [0.1, 0.15) is 50.4 Å². The fourth-order valence-corrected chi connectivity index (χ4v) is 3.17. The molecule has 0 bridgehead atoms. The van der Waals surface area contributed by atoms with Crippen LogP contribution in [0.5, 0.6) is 0 Å². The summed E-state index contributed by atoms with van der Waals surface area (Å²) in [6.07, 6.45) is 6.65. The zero-order chi connectivity index (χ0) is 13.0. The molecule has 1 N–H and O–H groups in total. The lowest BCUT2D eigenvalue weighted by Gasteiger charge is -2.21. The average molecular weight is 249 g/mol. The third kappa shape index (κ3) is 3.35. The van der Waals surface area contributed by atoms with E-state index in [4.69, 9.17) is 0 Å². The van der Waals surface area contributed by atoms with Gasteiger partial charge in [-0.1, -0.05) is 13.3 Å². The molecule has 3 nitrogen and oxygen atoms in total. The van der Waals surface area contributed by atoms with E-state index in [2.05, 4.69) is 41.9 Å². The van der Waals surface area contributed by atoms with Gasteiger partial charge in [-0.3, -0.25) is 4.68 Å². The van der Waals surface area contributed by atoms with Crippen molar-refractivity contribution >= 4 is 0 Å². The van der Waals surface area contributed by atoms with Crippen molar-refractivity contribution in [1.82, 2.24) is 15.1 Å². The van der Waals surface area contributed by atoms with E-state index in [9.17, 15) is 0 Å². The van der Waals surface area contributed by atoms with Gasteiger partial charge in [0.25, 0.3) is 0 Å². The Morgan fingerprint density at radius 3 is 2.89 bits per heavy atom. The van der Waals surface area contributed by atoms with E-state index in [0.29, 0.717) is 0 Å². The molecule has 102 valence electrons. The van der Waals surface area contributed by atoms with E-state index >= 15 is 0 Å². The Bertz CT molecular complexity index is 370. The van der Waals surface area contributed by atoms with Gasteiger partial charge in [0.2, 0.25) is 0 Å². The molecule has 1 aromatic heterocycles. The van der Waals surface area contributed by atoms with Gasteiger partial charge < -0.3 is 5.32 Å². The Kier molecular flexibility index (Phi) is 4.81. The Hall–Kier alpha value is -0.830. The number of nitrogens with zero attached hydrogens (tertiary/aromatic N) is 2. The van der Waals surface area contributed by atoms with Crippen LogP contribution < -0.4 is 5.32 Å². The van der Waals surface area contributed by atoms with E-state index in [-0.39, 0.29) is 0 Å². The van der Waals surface area contributed by atoms with Gasteiger partial charge in [0.1, 0.15) is 0 Å². The number of rotatable bonds is 6. The summed E-state index contributed by atoms with van der Waals surface area (Å²) in [6, 6.07) is 2.92. The normalized spacial score (nSPS) is 23.7. The second-order valence-corrected chi connectivity index (χ2v) is 5.69. The van der Waals surface area contributed by atoms with Gasteiger partial charge in [0.05, 0.1) is 5.69 Å². The van der Waals surface area contributed by atoms with Crippen molar-refractivity contribution in [2.24, 2.45) is 5.92 Å². The third-order valence-corrected chi connectivity index (χ3v) is 4.13. The Balaban J connectivity index is 1.83. The van der Waals surface area contributed by atoms with Gasteiger partial charge >= 0.3 is 0 Å². The first-order valence-corrected chi connectivity index (χ1v) is 7.45. The van der Waals surface area contributed by atoms with E-state index in [1.165, 1.54) is 44.3 Å². The highest BCUT2D eigenvalue weighted by molar-refractivity contribution is 5.06. The molecule has 1 aliphatic rings. The molecule has 1 aliphatic carbocycles. The summed E-state index contributed by atoms with van der Waals surface area (Å²) in [4.78, 5) is 0. The summed E-state index contributed by atoms with van der Waals surface area (Å²) in [7, 11) is 0. The van der Waals surface area contributed by atoms with Crippen molar-refractivity contribution in [3.8, 4) is 0 Å². The molecule has 2 atom stereocenters. The van der Waals surface area contributed by atoms with E-state index in [1.807, 2.05) is 0 Å². The zero-order valence-electron chi connectivity index (χ0n) is 12.1. The number of nitrogens with one attached hydrogen (secondary N) is 1. The molecule has 3 heteroatoms. The standard InChI is InChI=1S/C15H27N3/c1-4-9-16-15-7-5-6-14(15)8-10-18-13(3)11-12(2)17-18/h11,14-16H,4-10H2,1-3H3. The number of aromatic nitrogens is 2. The Morgan fingerprint density at radius 1 is 1.39 bits per heavy atom. The van der Waals surface area contributed by atoms with Crippen molar-refractivity contribution in [3.05, 3.63) is 17.5 Å². The van der Waals surface area contributed by atoms with Crippen LogP contribution in [-0.2, 0) is 6.54 Å². The predicted molar refractivity (Wildman–Crippen MR) is 75.7 cm³/mol. The monoisotopic (exact) mass is 249 g/mol. The smallest absolute Gasteiger partial charge is 0.0596 e. The minimum absolute atomic E-state index is 0.752. The van der Waals surface area contributed by atoms with Gasteiger partial charge in [-0.2, -0.15) is 5.10 Å². The lowest BCUT2D eigenvalue weighted by molar-refractivity contribution is 0.353. The highest BCUT2D eigenvalue weighted by Crippen LogP contribution is 2.29. The molecule has 18 heavy (non-hydrogen) atoms. The highest BCUT2D eigenvalue weighted by atomic mass is 15.3. The molecule has 0 amide bonds. The Labute approximate surface area is 111 Å². The maximum atomic E-state index is 4.55. The van der Waals surface area contributed by atoms with Crippen LogP contribution in [0.4, 0.5) is 0 Å². The topological polar surface area (TPSA) is 29.9 Å². The fourth-order valence-electron chi connectivity index (χ4n) is 3.17. The molecular formula is C15H27N3. The zero-order valence-corrected chi connectivity index (χ0v) is 12.1. The van der Waals surface area contributed by atoms with Crippen LogP contribution in [0.25, 0.3) is 0 Å². The largest absolute Gasteiger partial charge is 0.314 e. The minimum atomic E-state index is 0.752. The number of hydrogen-bond acceptors (Lipinski definition) is 2. The maximum Gasteiger partial charge on any atom is 0.0596 e. The summed E-state index contributed by atoms with van der Waals surface area (Å²) in [6.45, 7) is 8.72. The van der Waals surface area contributed by atoms with Crippen molar-refractivity contribution in [1.29, 1.82) is 0 Å². The van der Waals surface area contributed by atoms with Crippen LogP contribution in [0.15, 0.2) is 6.07 Å². The minimum Gasteiger partial charge on any atom is -0.314 e. The van der Waals surface area contributed by atoms with Gasteiger partial charge in [0.15, 0.2) is 0 Å². The molecule has 1 fully saturated rings. The van der Waals surface area contributed by atoms with Gasteiger partial charge in [-0.25, -0.2) is 0 Å². The molecule has 2 unspecified atom stereocenters. The van der Waals surface area contributed by atoms with Crippen molar-refractivity contribution in [2.75, 3.05) is 6.54 Å². The number of aryl methyl sites for hydroxylation is 3. The molecular weight excluding hydrogens is 222 g/mol. The van der Waals surface area contributed by atoms with Crippen LogP contribution in [0, 0.1) is 19.8 Å². The fraction of sp³-hybridized carbons (Fsp3) is 0.800. The molecule has 1 heterocycles. The quantitative estimate of drug-likeness (QED) is 0.839. The predicted octanol–water partition coefficient (Wildman–Crippen LogP) is 3.06. The van der Waals surface area contributed by atoms with Gasteiger partial charge in [-0.15, -0.1) is 0 Å². The van der Waals surface area contributed by atoms with Crippen molar-refractivity contribution in [3.63, 3.8) is 0 Å². The van der Waals surface area contributed by atoms with Crippen LogP contribution in [0.3, 0.4) is 0 Å². The molecule has 0 aromatic carbocycles. The van der Waals surface area contributed by atoms with Crippen LogP contribution >= 0.6 is 0 Å². The highest BCUT2D eigenvalue weighted by Gasteiger charge is 2.26. The molecule has 0 aliphatic heterocycles. The summed E-state index contributed by atoms with van der Waals surface area (Å²) < 4.78 is 2.17. The summed E-state index contributed by atoms with van der Waals surface area (Å²) in [5.41, 5.74) is 2.43. The van der Waals surface area contributed by atoms with E-state index in [1.54, 1.807) is 0 Å². The van der Waals surface area contributed by atoms with Gasteiger partial charge in [0, 0.05) is 18.3 Å². The average Bonchev–Trinajstić information content (AvgIpc) is 2.90. The first kappa shape index (κ1) is 13.6. The van der Waals surface area contributed by atoms with Gasteiger partial charge in [-0.05, 0) is 58.1 Å². The van der Waals surface area contributed by atoms with Crippen LogP contribution in [0.2, 0.25) is 0 Å². The van der Waals surface area contributed by atoms with E-state index < -0.39 is 0 Å².